The molecule has 0 spiro atoms. The van der Waals surface area contributed by atoms with Crippen LogP contribution in [0, 0.1) is 13.8 Å². The second-order valence-corrected chi connectivity index (χ2v) is 4.75. The molecule has 1 heterocycles. The van der Waals surface area contributed by atoms with E-state index in [-0.39, 0.29) is 18.4 Å². The van der Waals surface area contributed by atoms with Crippen LogP contribution in [0.25, 0.3) is 11.3 Å². The molecule has 0 aliphatic heterocycles. The van der Waals surface area contributed by atoms with Gasteiger partial charge >= 0.3 is 0 Å². The summed E-state index contributed by atoms with van der Waals surface area (Å²) in [4.78, 5) is 4.04. The molecule has 0 radical (unpaired) electrons. The molecule has 0 saturated heterocycles. The smallest absolute Gasteiger partial charge is 0.242 e. The Morgan fingerprint density at radius 3 is 2.74 bits per heavy atom. The van der Waals surface area contributed by atoms with E-state index >= 15 is 0 Å². The van der Waals surface area contributed by atoms with Gasteiger partial charge in [0.05, 0.1) is 11.4 Å². The van der Waals surface area contributed by atoms with Crippen LogP contribution in [0.1, 0.15) is 19.9 Å². The van der Waals surface area contributed by atoms with E-state index in [0.29, 0.717) is 22.1 Å². The first-order valence-corrected chi connectivity index (χ1v) is 6.27. The Morgan fingerprint density at radius 1 is 1.42 bits per heavy atom. The second kappa shape index (κ2) is 5.19. The van der Waals surface area contributed by atoms with E-state index in [9.17, 15) is 0 Å². The highest BCUT2D eigenvalue weighted by atomic mass is 35.5. The molecule has 0 amide bonds. The van der Waals surface area contributed by atoms with Crippen LogP contribution in [-0.2, 0) is 0 Å². The minimum Gasteiger partial charge on any atom is -0.371 e. The third kappa shape index (κ3) is 2.43. The van der Waals surface area contributed by atoms with E-state index in [2.05, 4.69) is 20.5 Å². The monoisotopic (exact) mass is 308 g/mol. The van der Waals surface area contributed by atoms with Gasteiger partial charge in [0.25, 0.3) is 0 Å². The van der Waals surface area contributed by atoms with E-state index in [1.165, 1.54) is 0 Å². The molecule has 1 aromatic carbocycles. The van der Waals surface area contributed by atoms with Gasteiger partial charge in [-0.05, 0) is 31.0 Å². The minimum atomic E-state index is 0. The van der Waals surface area contributed by atoms with Gasteiger partial charge in [-0.3, -0.25) is 0 Å². The Hall–Kier alpha value is -1.59. The molecule has 0 fully saturated rings. The average molecular weight is 309 g/mol. The van der Waals surface area contributed by atoms with E-state index in [4.69, 9.17) is 36.2 Å². The van der Waals surface area contributed by atoms with Crippen LogP contribution in [0.5, 0.6) is 0 Å². The highest BCUT2D eigenvalue weighted by Crippen LogP contribution is 2.38. The predicted molar refractivity (Wildman–Crippen MR) is 85.1 cm³/mol. The van der Waals surface area contributed by atoms with Gasteiger partial charge in [-0.25, -0.2) is 0 Å². The van der Waals surface area contributed by atoms with Crippen molar-refractivity contribution >= 4 is 35.0 Å². The SMILES string of the molecule is [2H][2H].[2H][2H].[2H]c1c(C)c(C)c(Cl)c(Cl)c1-c1nnc(N)nc1NC.[HH]. The maximum atomic E-state index is 8.24. The maximum Gasteiger partial charge on any atom is 0.242 e. The molecule has 0 bridgehead atoms. The van der Waals surface area contributed by atoms with Gasteiger partial charge in [-0.15, -0.1) is 10.2 Å². The molecular formula is C12H19Cl2N5. The van der Waals surface area contributed by atoms with Crippen LogP contribution in [0.3, 0.4) is 0 Å². The third-order valence-corrected chi connectivity index (χ3v) is 3.74. The van der Waals surface area contributed by atoms with Crippen molar-refractivity contribution in [3.05, 3.63) is 27.2 Å². The predicted octanol–water partition coefficient (Wildman–Crippen LogP) is 3.82. The molecule has 0 aliphatic carbocycles. The van der Waals surface area contributed by atoms with Crippen molar-refractivity contribution in [2.75, 3.05) is 18.1 Å². The number of nitrogens with two attached hydrogens (primary N) is 1. The topological polar surface area (TPSA) is 76.7 Å². The highest BCUT2D eigenvalue weighted by molar-refractivity contribution is 6.44. The minimum absolute atomic E-state index is 0. The molecule has 7 heteroatoms. The van der Waals surface area contributed by atoms with Crippen molar-refractivity contribution in [3.63, 3.8) is 0 Å². The van der Waals surface area contributed by atoms with Gasteiger partial charge in [-0.1, -0.05) is 23.2 Å². The van der Waals surface area contributed by atoms with Gasteiger partial charge in [-0.2, -0.15) is 4.98 Å². The number of nitrogens with zero attached hydrogens (tertiary/aromatic N) is 3. The Labute approximate surface area is 130 Å². The number of aromatic nitrogens is 3. The summed E-state index contributed by atoms with van der Waals surface area (Å²) in [6.07, 6.45) is 0. The van der Waals surface area contributed by atoms with Crippen LogP contribution in [0.2, 0.25) is 10.0 Å². The summed E-state index contributed by atoms with van der Waals surface area (Å²) in [5.41, 5.74) is 7.75. The molecule has 0 unspecified atom stereocenters. The lowest BCUT2D eigenvalue weighted by Crippen LogP contribution is -2.05. The first-order valence-electron chi connectivity index (χ1n) is 8.01. The normalized spacial score (nSPS) is 12.2. The van der Waals surface area contributed by atoms with Gasteiger partial charge in [0.15, 0.2) is 5.82 Å². The molecule has 0 saturated carbocycles. The van der Waals surface area contributed by atoms with Crippen LogP contribution in [0.15, 0.2) is 6.04 Å². The number of hydrogen-bond donors (Lipinski definition) is 2. The first kappa shape index (κ1) is 10.2. The standard InChI is InChI=1S/C12H13Cl2N5.3H2/c1-5-4-7(9(14)8(13)6(5)2)10-11(16-3)17-12(15)19-18-10;;;/h4H,1-3H3,(H3,15,16,17,19);3*1H/i4D;2*1+1D;. The summed E-state index contributed by atoms with van der Waals surface area (Å²) in [5.74, 6) is 0.433. The van der Waals surface area contributed by atoms with Crippen LogP contribution in [0.4, 0.5) is 11.8 Å². The zero-order valence-electron chi connectivity index (χ0n) is 15.7. The van der Waals surface area contributed by atoms with Crippen LogP contribution >= 0.6 is 23.2 Å². The molecule has 3 N–H and O–H groups in total. The Morgan fingerprint density at radius 2 is 2.11 bits per heavy atom. The third-order valence-electron chi connectivity index (χ3n) is 2.79. The van der Waals surface area contributed by atoms with E-state index in [1.54, 1.807) is 14.0 Å². The summed E-state index contributed by atoms with van der Waals surface area (Å²) in [7, 11) is 1.67. The lowest BCUT2D eigenvalue weighted by atomic mass is 10.0. The lowest BCUT2D eigenvalue weighted by molar-refractivity contribution is 0.993. The Kier molecular flexibility index (Phi) is 2.79. The average Bonchev–Trinajstić information content (AvgIpc) is 2.63. The van der Waals surface area contributed by atoms with Gasteiger partial charge < -0.3 is 11.1 Å². The first-order chi connectivity index (χ1) is 11.4. The van der Waals surface area contributed by atoms with Crippen molar-refractivity contribution < 1.29 is 8.74 Å². The molecule has 0 aliphatic rings. The van der Waals surface area contributed by atoms with E-state index in [1.807, 2.05) is 6.92 Å². The number of anilines is 2. The van der Waals surface area contributed by atoms with Crippen molar-refractivity contribution in [3.8, 4) is 11.3 Å². The van der Waals surface area contributed by atoms with Crippen molar-refractivity contribution in [2.24, 2.45) is 0 Å². The summed E-state index contributed by atoms with van der Waals surface area (Å²) in [6, 6.07) is 0.245. The molecule has 19 heavy (non-hydrogen) atoms. The van der Waals surface area contributed by atoms with Crippen molar-refractivity contribution in [1.82, 2.24) is 15.2 Å². The molecule has 2 aromatic rings. The van der Waals surface area contributed by atoms with E-state index in [0.717, 1.165) is 11.1 Å². The lowest BCUT2D eigenvalue weighted by Gasteiger charge is -2.12. The molecule has 2 rings (SSSR count). The number of hydrogen-bond acceptors (Lipinski definition) is 5. The molecule has 106 valence electrons. The molecule has 5 nitrogen and oxygen atoms in total. The molecular weight excluding hydrogens is 285 g/mol. The summed E-state index contributed by atoms with van der Waals surface area (Å²) >= 11 is 12.5. The summed E-state index contributed by atoms with van der Waals surface area (Å²) < 4.78 is 28.2. The second-order valence-electron chi connectivity index (χ2n) is 4.00. The number of nitrogens with one attached hydrogen (secondary N) is 1. The Bertz CT molecular complexity index is 675. The largest absolute Gasteiger partial charge is 0.371 e. The Balaban J connectivity index is 0. The molecule has 0 atom stereocenters. The zero-order chi connectivity index (χ0) is 19.0. The fourth-order valence-electron chi connectivity index (χ4n) is 1.62. The van der Waals surface area contributed by atoms with Gasteiger partial charge in [0.1, 0.15) is 5.69 Å². The van der Waals surface area contributed by atoms with Gasteiger partial charge in [0.2, 0.25) is 5.95 Å². The summed E-state index contributed by atoms with van der Waals surface area (Å²) in [5, 5.41) is 11.2. The van der Waals surface area contributed by atoms with Gasteiger partial charge in [0, 0.05) is 20.0 Å². The van der Waals surface area contributed by atoms with Crippen LogP contribution < -0.4 is 11.1 Å². The van der Waals surface area contributed by atoms with E-state index < -0.39 is 0 Å². The number of rotatable bonds is 2. The zero-order valence-corrected chi connectivity index (χ0v) is 12.2. The number of nitrogen functional groups attached to an aromatic ring is 1. The van der Waals surface area contributed by atoms with Crippen molar-refractivity contribution in [1.29, 1.82) is 0 Å². The summed E-state index contributed by atoms with van der Waals surface area (Å²) in [6.45, 7) is 3.62. The van der Waals surface area contributed by atoms with Crippen LogP contribution in [-0.4, -0.2) is 22.2 Å². The highest BCUT2D eigenvalue weighted by Gasteiger charge is 2.17. The quantitative estimate of drug-likeness (QED) is 0.881. The maximum absolute atomic E-state index is 8.24. The van der Waals surface area contributed by atoms with Crippen molar-refractivity contribution in [2.45, 2.75) is 13.8 Å². The number of halogens is 2. The number of benzene rings is 1. The fraction of sp³-hybridized carbons (Fsp3) is 0.250. The fourth-order valence-corrected chi connectivity index (χ4v) is 2.13. The molecule has 1 aromatic heterocycles.